The highest BCUT2D eigenvalue weighted by Crippen LogP contribution is 2.33. The molecule has 0 aliphatic carbocycles. The van der Waals surface area contributed by atoms with Crippen LogP contribution >= 0.6 is 0 Å². The molecule has 0 spiro atoms. The number of rotatable bonds is 5. The molecule has 0 fully saturated rings. The summed E-state index contributed by atoms with van der Waals surface area (Å²) in [5, 5.41) is 2.34. The zero-order valence-corrected chi connectivity index (χ0v) is 17.5. The summed E-state index contributed by atoms with van der Waals surface area (Å²) in [5.74, 6) is 0.842. The molecule has 148 valence electrons. The lowest BCUT2D eigenvalue weighted by atomic mass is 9.93. The minimum Gasteiger partial charge on any atom is -0.497 e. The Kier molecular flexibility index (Phi) is 5.71. The molecule has 2 aromatic heterocycles. The van der Waals surface area contributed by atoms with Gasteiger partial charge in [-0.15, -0.1) is 0 Å². The fraction of sp³-hybridized carbons (Fsp3) is 0.111. The highest BCUT2D eigenvalue weighted by molar-refractivity contribution is 6.03. The Bertz CT molecular complexity index is 1220. The van der Waals surface area contributed by atoms with Gasteiger partial charge in [0.05, 0.1) is 12.8 Å². The number of aromatic nitrogens is 2. The summed E-state index contributed by atoms with van der Waals surface area (Å²) >= 11 is 0. The molecule has 30 heavy (non-hydrogen) atoms. The van der Waals surface area contributed by atoms with E-state index in [1.54, 1.807) is 7.11 Å². The lowest BCUT2D eigenvalue weighted by Gasteiger charge is -2.13. The van der Waals surface area contributed by atoms with Gasteiger partial charge < -0.3 is 4.74 Å². The quantitative estimate of drug-likeness (QED) is 0.356. The highest BCUT2D eigenvalue weighted by atomic mass is 16.5. The number of benzene rings is 2. The third-order valence-electron chi connectivity index (χ3n) is 5.33. The molecular formula is C27H24N2O. The average molecular weight is 393 g/mol. The summed E-state index contributed by atoms with van der Waals surface area (Å²) in [7, 11) is 1.69. The van der Waals surface area contributed by atoms with E-state index in [1.165, 1.54) is 11.0 Å². The van der Waals surface area contributed by atoms with Gasteiger partial charge in [0, 0.05) is 24.0 Å². The summed E-state index contributed by atoms with van der Waals surface area (Å²) in [6.45, 7) is 4.27. The van der Waals surface area contributed by atoms with Gasteiger partial charge in [0.15, 0.2) is 0 Å². The van der Waals surface area contributed by atoms with Gasteiger partial charge in [-0.05, 0) is 77.4 Å². The molecule has 0 aliphatic heterocycles. The van der Waals surface area contributed by atoms with Crippen LogP contribution in [0.4, 0.5) is 0 Å². The molecule has 0 atom stereocenters. The second-order valence-electron chi connectivity index (χ2n) is 7.21. The molecule has 3 heteroatoms. The molecule has 0 amide bonds. The largest absolute Gasteiger partial charge is 0.497 e. The van der Waals surface area contributed by atoms with Crippen molar-refractivity contribution in [3.05, 3.63) is 108 Å². The maximum atomic E-state index is 5.35. The summed E-state index contributed by atoms with van der Waals surface area (Å²) in [4.78, 5) is 8.88. The van der Waals surface area contributed by atoms with Gasteiger partial charge in [0.25, 0.3) is 0 Å². The normalized spacial score (nSPS) is 12.6. The fourth-order valence-electron chi connectivity index (χ4n) is 3.64. The number of nitrogens with zero attached hydrogens (tertiary/aromatic N) is 2. The predicted octanol–water partition coefficient (Wildman–Crippen LogP) is 6.67. The molecule has 4 aromatic rings. The van der Waals surface area contributed by atoms with E-state index in [0.717, 1.165) is 39.1 Å². The zero-order valence-electron chi connectivity index (χ0n) is 17.5. The van der Waals surface area contributed by atoms with Gasteiger partial charge in [0.2, 0.25) is 0 Å². The van der Waals surface area contributed by atoms with Crippen LogP contribution in [0.15, 0.2) is 91.4 Å². The topological polar surface area (TPSA) is 35.0 Å². The molecule has 0 aliphatic rings. The molecule has 2 heterocycles. The minimum absolute atomic E-state index is 0.842. The summed E-state index contributed by atoms with van der Waals surface area (Å²) in [6.07, 6.45) is 7.76. The van der Waals surface area contributed by atoms with Crippen molar-refractivity contribution < 1.29 is 4.74 Å². The highest BCUT2D eigenvalue weighted by Gasteiger charge is 2.11. The van der Waals surface area contributed by atoms with E-state index in [2.05, 4.69) is 67.4 Å². The Morgan fingerprint density at radius 2 is 1.53 bits per heavy atom. The van der Waals surface area contributed by atoms with Crippen LogP contribution in [0.1, 0.15) is 30.7 Å². The van der Waals surface area contributed by atoms with E-state index in [0.29, 0.717) is 0 Å². The Morgan fingerprint density at radius 3 is 2.27 bits per heavy atom. The van der Waals surface area contributed by atoms with Gasteiger partial charge in [0.1, 0.15) is 5.75 Å². The van der Waals surface area contributed by atoms with E-state index in [9.17, 15) is 0 Å². The number of ether oxygens (including phenoxy) is 1. The molecule has 0 unspecified atom stereocenters. The molecule has 0 saturated carbocycles. The standard InChI is InChI=1S/C27H24N2O/c1-19(21-12-15-28-16-13-21)18-26(23-8-10-24(30-3)11-9-23)20(2)27-25-7-5-4-6-22(25)14-17-29-27/h4-18H,1-3H3. The van der Waals surface area contributed by atoms with Gasteiger partial charge in [-0.1, -0.05) is 42.5 Å². The van der Waals surface area contributed by atoms with Crippen LogP contribution in [-0.4, -0.2) is 17.1 Å². The van der Waals surface area contributed by atoms with Crippen LogP contribution in [-0.2, 0) is 0 Å². The first-order valence-electron chi connectivity index (χ1n) is 9.95. The first-order chi connectivity index (χ1) is 14.7. The van der Waals surface area contributed by atoms with Crippen molar-refractivity contribution in [1.29, 1.82) is 0 Å². The molecule has 4 rings (SSSR count). The number of hydrogen-bond donors (Lipinski definition) is 0. The van der Waals surface area contributed by atoms with Gasteiger partial charge in [-0.25, -0.2) is 0 Å². The van der Waals surface area contributed by atoms with Crippen molar-refractivity contribution in [2.45, 2.75) is 13.8 Å². The zero-order chi connectivity index (χ0) is 20.9. The number of allylic oxidation sites excluding steroid dienone is 4. The third-order valence-corrected chi connectivity index (χ3v) is 5.33. The smallest absolute Gasteiger partial charge is 0.118 e. The molecule has 0 saturated heterocycles. The minimum atomic E-state index is 0.842. The predicted molar refractivity (Wildman–Crippen MR) is 125 cm³/mol. The average Bonchev–Trinajstić information content (AvgIpc) is 2.82. The van der Waals surface area contributed by atoms with Crippen molar-refractivity contribution in [3.63, 3.8) is 0 Å². The SMILES string of the molecule is COc1ccc(C(C=C(C)c2ccncc2)=C(C)c2nccc3ccccc23)cc1. The van der Waals surface area contributed by atoms with Crippen LogP contribution in [0.5, 0.6) is 5.75 Å². The first kappa shape index (κ1) is 19.6. The lowest BCUT2D eigenvalue weighted by molar-refractivity contribution is 0.415. The van der Waals surface area contributed by atoms with Gasteiger partial charge in [-0.3, -0.25) is 9.97 Å². The monoisotopic (exact) mass is 392 g/mol. The van der Waals surface area contributed by atoms with E-state index >= 15 is 0 Å². The van der Waals surface area contributed by atoms with E-state index < -0.39 is 0 Å². The Morgan fingerprint density at radius 1 is 0.800 bits per heavy atom. The van der Waals surface area contributed by atoms with Crippen molar-refractivity contribution in [2.75, 3.05) is 7.11 Å². The third kappa shape index (κ3) is 4.01. The lowest BCUT2D eigenvalue weighted by Crippen LogP contribution is -1.94. The number of fused-ring (bicyclic) bond motifs is 1. The maximum absolute atomic E-state index is 5.35. The number of hydrogen-bond acceptors (Lipinski definition) is 3. The number of pyridine rings is 2. The Balaban J connectivity index is 1.93. The Hall–Kier alpha value is -3.72. The van der Waals surface area contributed by atoms with Crippen LogP contribution in [0.2, 0.25) is 0 Å². The van der Waals surface area contributed by atoms with Gasteiger partial charge >= 0.3 is 0 Å². The molecule has 0 N–H and O–H groups in total. The van der Waals surface area contributed by atoms with E-state index in [4.69, 9.17) is 9.72 Å². The summed E-state index contributed by atoms with van der Waals surface area (Å²) in [6, 6.07) is 22.7. The Labute approximate surface area is 177 Å². The van der Waals surface area contributed by atoms with Crippen molar-refractivity contribution >= 4 is 27.5 Å². The second-order valence-corrected chi connectivity index (χ2v) is 7.21. The van der Waals surface area contributed by atoms with Crippen molar-refractivity contribution in [1.82, 2.24) is 9.97 Å². The molecule has 0 radical (unpaired) electrons. The molecule has 0 bridgehead atoms. The summed E-state index contributed by atoms with van der Waals surface area (Å²) < 4.78 is 5.35. The second kappa shape index (κ2) is 8.75. The molecule has 2 aromatic carbocycles. The van der Waals surface area contributed by atoms with Crippen LogP contribution in [0, 0.1) is 0 Å². The van der Waals surface area contributed by atoms with Gasteiger partial charge in [-0.2, -0.15) is 0 Å². The van der Waals surface area contributed by atoms with Crippen molar-refractivity contribution in [2.24, 2.45) is 0 Å². The van der Waals surface area contributed by atoms with Crippen LogP contribution < -0.4 is 4.74 Å². The van der Waals surface area contributed by atoms with Crippen LogP contribution in [0.25, 0.3) is 27.5 Å². The maximum Gasteiger partial charge on any atom is 0.118 e. The molecule has 3 nitrogen and oxygen atoms in total. The summed E-state index contributed by atoms with van der Waals surface area (Å²) in [5.41, 5.74) is 6.70. The number of methoxy groups -OCH3 is 1. The first-order valence-corrected chi connectivity index (χ1v) is 9.95. The van der Waals surface area contributed by atoms with Crippen molar-refractivity contribution in [3.8, 4) is 5.75 Å². The molecular weight excluding hydrogens is 368 g/mol. The van der Waals surface area contributed by atoms with Crippen LogP contribution in [0.3, 0.4) is 0 Å². The van der Waals surface area contributed by atoms with E-state index in [1.807, 2.05) is 42.9 Å². The fourth-order valence-corrected chi connectivity index (χ4v) is 3.64. The van der Waals surface area contributed by atoms with E-state index in [-0.39, 0.29) is 0 Å².